The van der Waals surface area contributed by atoms with Crippen LogP contribution in [0.1, 0.15) is 32.0 Å². The van der Waals surface area contributed by atoms with Gasteiger partial charge in [-0.1, -0.05) is 25.5 Å². The van der Waals surface area contributed by atoms with Gasteiger partial charge < -0.3 is 15.4 Å². The number of hydrogen-bond acceptors (Lipinski definition) is 5. The Kier molecular flexibility index (Phi) is 7.65. The van der Waals surface area contributed by atoms with Crippen molar-refractivity contribution in [3.05, 3.63) is 40.4 Å². The highest BCUT2D eigenvalue weighted by atomic mass is 32.2. The number of H-pyrrole nitrogens is 1. The molecule has 0 spiro atoms. The average Bonchev–Trinajstić information content (AvgIpc) is 2.62. The zero-order chi connectivity index (χ0) is 18.9. The zero-order valence-corrected chi connectivity index (χ0v) is 15.5. The molecule has 0 saturated carbocycles. The second-order valence-corrected chi connectivity index (χ2v) is 7.07. The summed E-state index contributed by atoms with van der Waals surface area (Å²) in [6.45, 7) is 2.08. The summed E-state index contributed by atoms with van der Waals surface area (Å²) < 4.78 is 0. The van der Waals surface area contributed by atoms with Gasteiger partial charge in [-0.15, -0.1) is 0 Å². The van der Waals surface area contributed by atoms with Crippen LogP contribution >= 0.6 is 11.8 Å². The Balaban J connectivity index is 1.75. The molecule has 1 heterocycles. The molecule has 140 valence electrons. The highest BCUT2D eigenvalue weighted by molar-refractivity contribution is 7.98. The van der Waals surface area contributed by atoms with Gasteiger partial charge in [-0.3, -0.25) is 14.4 Å². The van der Waals surface area contributed by atoms with Crippen molar-refractivity contribution in [1.29, 1.82) is 0 Å². The number of amides is 1. The van der Waals surface area contributed by atoms with Crippen LogP contribution in [0.2, 0.25) is 0 Å². The molecular formula is C18H23N3O4S. The molecule has 1 unspecified atom stereocenters. The highest BCUT2D eigenvalue weighted by Crippen LogP contribution is 2.12. The van der Waals surface area contributed by atoms with Crippen molar-refractivity contribution in [3.8, 4) is 0 Å². The SMILES string of the molecule is CCCC(CNC(=O)CCSCc1nc2ccccc2c(=O)[nH]1)C(=O)O. The maximum Gasteiger partial charge on any atom is 0.308 e. The fraction of sp³-hybridized carbons (Fsp3) is 0.444. The molecule has 1 aromatic heterocycles. The van der Waals surface area contributed by atoms with Crippen LogP contribution in [-0.4, -0.2) is 39.2 Å². The lowest BCUT2D eigenvalue weighted by Crippen LogP contribution is -2.33. The van der Waals surface area contributed by atoms with E-state index in [0.717, 1.165) is 6.42 Å². The van der Waals surface area contributed by atoms with Crippen LogP contribution in [0.5, 0.6) is 0 Å². The second-order valence-electron chi connectivity index (χ2n) is 5.96. The molecule has 3 N–H and O–H groups in total. The molecule has 7 nitrogen and oxygen atoms in total. The summed E-state index contributed by atoms with van der Waals surface area (Å²) >= 11 is 1.49. The van der Waals surface area contributed by atoms with Crippen molar-refractivity contribution in [3.63, 3.8) is 0 Å². The van der Waals surface area contributed by atoms with Crippen molar-refractivity contribution < 1.29 is 14.7 Å². The maximum absolute atomic E-state index is 12.0. The minimum Gasteiger partial charge on any atom is -0.481 e. The van der Waals surface area contributed by atoms with Gasteiger partial charge in [0.25, 0.3) is 5.56 Å². The van der Waals surface area contributed by atoms with E-state index in [1.165, 1.54) is 11.8 Å². The van der Waals surface area contributed by atoms with Crippen molar-refractivity contribution >= 4 is 34.5 Å². The third-order valence-electron chi connectivity index (χ3n) is 3.91. The third-order valence-corrected chi connectivity index (χ3v) is 4.88. The van der Waals surface area contributed by atoms with Crippen LogP contribution in [0.3, 0.4) is 0 Å². The van der Waals surface area contributed by atoms with Gasteiger partial charge >= 0.3 is 5.97 Å². The summed E-state index contributed by atoms with van der Waals surface area (Å²) in [5, 5.41) is 12.3. The quantitative estimate of drug-likeness (QED) is 0.547. The summed E-state index contributed by atoms with van der Waals surface area (Å²) in [7, 11) is 0. The molecule has 1 aromatic carbocycles. The number of aliphatic carboxylic acids is 1. The minimum absolute atomic E-state index is 0.159. The van der Waals surface area contributed by atoms with E-state index in [-0.39, 0.29) is 18.0 Å². The number of rotatable bonds is 10. The number of fused-ring (bicyclic) bond motifs is 1. The van der Waals surface area contributed by atoms with Gasteiger partial charge in [-0.25, -0.2) is 4.98 Å². The molecule has 1 atom stereocenters. The van der Waals surface area contributed by atoms with E-state index in [9.17, 15) is 14.4 Å². The van der Waals surface area contributed by atoms with E-state index < -0.39 is 11.9 Å². The normalized spacial score (nSPS) is 12.0. The lowest BCUT2D eigenvalue weighted by Gasteiger charge is -2.12. The van der Waals surface area contributed by atoms with Gasteiger partial charge in [0, 0.05) is 18.7 Å². The van der Waals surface area contributed by atoms with Gasteiger partial charge in [-0.05, 0) is 18.6 Å². The number of hydrogen-bond donors (Lipinski definition) is 3. The number of carboxylic acid groups (broad SMARTS) is 1. The molecule has 8 heteroatoms. The fourth-order valence-corrected chi connectivity index (χ4v) is 3.33. The molecule has 1 amide bonds. The van der Waals surface area contributed by atoms with Crippen LogP contribution in [0, 0.1) is 5.92 Å². The van der Waals surface area contributed by atoms with Gasteiger partial charge in [0.2, 0.25) is 5.91 Å². The van der Waals surface area contributed by atoms with Crippen LogP contribution in [0.15, 0.2) is 29.1 Å². The number of nitrogens with one attached hydrogen (secondary N) is 2. The van der Waals surface area contributed by atoms with Crippen LogP contribution in [-0.2, 0) is 15.3 Å². The Bertz CT molecular complexity index is 821. The molecule has 0 saturated heterocycles. The van der Waals surface area contributed by atoms with Crippen LogP contribution in [0.4, 0.5) is 0 Å². The fourth-order valence-electron chi connectivity index (χ4n) is 2.52. The summed E-state index contributed by atoms with van der Waals surface area (Å²) in [5.41, 5.74) is 0.486. The van der Waals surface area contributed by atoms with E-state index in [1.54, 1.807) is 18.2 Å². The van der Waals surface area contributed by atoms with E-state index in [0.29, 0.717) is 41.1 Å². The Morgan fingerprint density at radius 1 is 1.35 bits per heavy atom. The van der Waals surface area contributed by atoms with E-state index in [1.807, 2.05) is 13.0 Å². The van der Waals surface area contributed by atoms with Crippen LogP contribution < -0.4 is 10.9 Å². The first-order chi connectivity index (χ1) is 12.5. The van der Waals surface area contributed by atoms with Gasteiger partial charge in [0.15, 0.2) is 0 Å². The third kappa shape index (κ3) is 5.87. The molecule has 0 bridgehead atoms. The Morgan fingerprint density at radius 3 is 2.85 bits per heavy atom. The monoisotopic (exact) mass is 377 g/mol. The van der Waals surface area contributed by atoms with Gasteiger partial charge in [-0.2, -0.15) is 11.8 Å². The number of carbonyl (C=O) groups excluding carboxylic acids is 1. The lowest BCUT2D eigenvalue weighted by atomic mass is 10.0. The number of thioether (sulfide) groups is 1. The van der Waals surface area contributed by atoms with Crippen molar-refractivity contribution in [1.82, 2.24) is 15.3 Å². The molecule has 0 aliphatic rings. The summed E-state index contributed by atoms with van der Waals surface area (Å²) in [4.78, 5) is 42.0. The first-order valence-electron chi connectivity index (χ1n) is 8.56. The second kappa shape index (κ2) is 9.96. The van der Waals surface area contributed by atoms with Crippen molar-refractivity contribution in [2.24, 2.45) is 5.92 Å². The molecule has 2 aromatic rings. The number of nitrogens with zero attached hydrogens (tertiary/aromatic N) is 1. The summed E-state index contributed by atoms with van der Waals surface area (Å²) in [6.07, 6.45) is 1.60. The number of carboxylic acids is 1. The number of aromatic amines is 1. The molecule has 2 rings (SSSR count). The average molecular weight is 377 g/mol. The van der Waals surface area contributed by atoms with E-state index >= 15 is 0 Å². The first kappa shape index (κ1) is 20.0. The molecular weight excluding hydrogens is 354 g/mol. The molecule has 0 aliphatic heterocycles. The maximum atomic E-state index is 12.0. The summed E-state index contributed by atoms with van der Waals surface area (Å²) in [5.74, 6) is 0.0543. The largest absolute Gasteiger partial charge is 0.481 e. The molecule has 0 fully saturated rings. The number of benzene rings is 1. The zero-order valence-electron chi connectivity index (χ0n) is 14.7. The predicted octanol–water partition coefficient (Wildman–Crippen LogP) is 2.16. The number of carbonyl (C=O) groups is 2. The summed E-state index contributed by atoms with van der Waals surface area (Å²) in [6, 6.07) is 7.15. The first-order valence-corrected chi connectivity index (χ1v) is 9.72. The van der Waals surface area contributed by atoms with E-state index in [4.69, 9.17) is 5.11 Å². The van der Waals surface area contributed by atoms with E-state index in [2.05, 4.69) is 15.3 Å². The Labute approximate surface area is 155 Å². The standard InChI is InChI=1S/C18H23N3O4S/c1-2-5-12(18(24)25)10-19-16(22)8-9-26-11-15-20-14-7-4-3-6-13(14)17(23)21-15/h3-4,6-7,12H,2,5,8-11H2,1H3,(H,19,22)(H,24,25)(H,20,21,23). The minimum atomic E-state index is -0.882. The smallest absolute Gasteiger partial charge is 0.308 e. The molecule has 26 heavy (non-hydrogen) atoms. The molecule has 0 radical (unpaired) electrons. The topological polar surface area (TPSA) is 112 Å². The molecule has 0 aliphatic carbocycles. The Hall–Kier alpha value is -2.35. The van der Waals surface area contributed by atoms with Crippen molar-refractivity contribution in [2.45, 2.75) is 31.9 Å². The van der Waals surface area contributed by atoms with Gasteiger partial charge in [0.1, 0.15) is 5.82 Å². The Morgan fingerprint density at radius 2 is 2.12 bits per heavy atom. The predicted molar refractivity (Wildman–Crippen MR) is 102 cm³/mol. The number of para-hydroxylation sites is 1. The number of aromatic nitrogens is 2. The van der Waals surface area contributed by atoms with Crippen LogP contribution in [0.25, 0.3) is 10.9 Å². The highest BCUT2D eigenvalue weighted by Gasteiger charge is 2.17. The lowest BCUT2D eigenvalue weighted by molar-refractivity contribution is -0.141. The van der Waals surface area contributed by atoms with Gasteiger partial charge in [0.05, 0.1) is 22.6 Å². The van der Waals surface area contributed by atoms with Crippen molar-refractivity contribution in [2.75, 3.05) is 12.3 Å².